The SMILES string of the molecule is O=C(c1cc2ccccc2[nH]1)N1CCC(c2nn[nH]n2)C1. The van der Waals surface area contributed by atoms with Gasteiger partial charge in [0.25, 0.3) is 5.91 Å². The van der Waals surface area contributed by atoms with Crippen LogP contribution in [0.5, 0.6) is 0 Å². The molecule has 0 radical (unpaired) electrons. The molecule has 21 heavy (non-hydrogen) atoms. The Bertz CT molecular complexity index is 745. The van der Waals surface area contributed by atoms with Crippen LogP contribution in [-0.2, 0) is 0 Å². The molecule has 2 N–H and O–H groups in total. The zero-order valence-corrected chi connectivity index (χ0v) is 11.3. The van der Waals surface area contributed by atoms with Gasteiger partial charge >= 0.3 is 0 Å². The van der Waals surface area contributed by atoms with Crippen molar-refractivity contribution >= 4 is 16.8 Å². The summed E-state index contributed by atoms with van der Waals surface area (Å²) in [5.74, 6) is 0.872. The van der Waals surface area contributed by atoms with Crippen molar-refractivity contribution in [2.45, 2.75) is 12.3 Å². The Labute approximate surface area is 120 Å². The Balaban J connectivity index is 1.55. The van der Waals surface area contributed by atoms with Gasteiger partial charge in [0.15, 0.2) is 5.82 Å². The summed E-state index contributed by atoms with van der Waals surface area (Å²) in [7, 11) is 0. The highest BCUT2D eigenvalue weighted by atomic mass is 16.2. The highest BCUT2D eigenvalue weighted by Gasteiger charge is 2.30. The first-order valence-corrected chi connectivity index (χ1v) is 6.91. The van der Waals surface area contributed by atoms with Crippen molar-refractivity contribution in [2.24, 2.45) is 0 Å². The number of benzene rings is 1. The number of likely N-dealkylation sites (tertiary alicyclic amines) is 1. The zero-order valence-electron chi connectivity index (χ0n) is 11.3. The van der Waals surface area contributed by atoms with Gasteiger partial charge in [0.2, 0.25) is 0 Å². The van der Waals surface area contributed by atoms with Gasteiger partial charge in [0, 0.05) is 29.9 Å². The lowest BCUT2D eigenvalue weighted by molar-refractivity contribution is 0.0785. The molecule has 106 valence electrons. The second-order valence-electron chi connectivity index (χ2n) is 5.28. The number of H-pyrrole nitrogens is 2. The molecule has 3 heterocycles. The molecule has 0 bridgehead atoms. The van der Waals surface area contributed by atoms with E-state index in [1.54, 1.807) is 0 Å². The van der Waals surface area contributed by atoms with Crippen LogP contribution in [-0.4, -0.2) is 49.5 Å². The average Bonchev–Trinajstić information content (AvgIpc) is 3.24. The van der Waals surface area contributed by atoms with Crippen LogP contribution in [0.2, 0.25) is 0 Å². The van der Waals surface area contributed by atoms with E-state index < -0.39 is 0 Å². The van der Waals surface area contributed by atoms with E-state index in [2.05, 4.69) is 25.6 Å². The van der Waals surface area contributed by atoms with E-state index in [1.807, 2.05) is 35.2 Å². The number of fused-ring (bicyclic) bond motifs is 1. The lowest BCUT2D eigenvalue weighted by atomic mass is 10.1. The van der Waals surface area contributed by atoms with E-state index in [0.717, 1.165) is 17.3 Å². The Morgan fingerprint density at radius 1 is 1.33 bits per heavy atom. The standard InChI is InChI=1S/C14H14N6O/c21-14(12-7-9-3-1-2-4-11(9)15-12)20-6-5-10(8-20)13-16-18-19-17-13/h1-4,7,10,15H,5-6,8H2,(H,16,17,18,19). The van der Waals surface area contributed by atoms with Crippen LogP contribution in [0, 0.1) is 0 Å². The average molecular weight is 282 g/mol. The van der Waals surface area contributed by atoms with Crippen LogP contribution >= 0.6 is 0 Å². The molecule has 1 atom stereocenters. The maximum atomic E-state index is 12.6. The summed E-state index contributed by atoms with van der Waals surface area (Å²) in [5, 5.41) is 15.1. The third-order valence-corrected chi connectivity index (χ3v) is 3.96. The maximum absolute atomic E-state index is 12.6. The fraction of sp³-hybridized carbons (Fsp3) is 0.286. The number of rotatable bonds is 2. The Morgan fingerprint density at radius 2 is 2.24 bits per heavy atom. The van der Waals surface area contributed by atoms with Crippen molar-refractivity contribution in [3.05, 3.63) is 41.9 Å². The molecule has 1 unspecified atom stereocenters. The monoisotopic (exact) mass is 282 g/mol. The lowest BCUT2D eigenvalue weighted by Crippen LogP contribution is -2.28. The number of hydrogen-bond acceptors (Lipinski definition) is 4. The summed E-state index contributed by atoms with van der Waals surface area (Å²) in [6.45, 7) is 1.35. The molecule has 0 aliphatic carbocycles. The first kappa shape index (κ1) is 12.1. The third kappa shape index (κ3) is 2.06. The first-order chi connectivity index (χ1) is 10.3. The number of hydrogen-bond donors (Lipinski definition) is 2. The molecule has 7 nitrogen and oxygen atoms in total. The number of tetrazole rings is 1. The molecule has 0 spiro atoms. The van der Waals surface area contributed by atoms with E-state index >= 15 is 0 Å². The fourth-order valence-electron chi connectivity index (χ4n) is 2.86. The highest BCUT2D eigenvalue weighted by molar-refractivity contribution is 5.98. The molecule has 1 aliphatic rings. The summed E-state index contributed by atoms with van der Waals surface area (Å²) in [4.78, 5) is 17.6. The van der Waals surface area contributed by atoms with E-state index in [0.29, 0.717) is 24.6 Å². The van der Waals surface area contributed by atoms with E-state index in [4.69, 9.17) is 0 Å². The fourth-order valence-corrected chi connectivity index (χ4v) is 2.86. The molecule has 1 aliphatic heterocycles. The van der Waals surface area contributed by atoms with Crippen LogP contribution in [0.15, 0.2) is 30.3 Å². The topological polar surface area (TPSA) is 90.6 Å². The van der Waals surface area contributed by atoms with Gasteiger partial charge < -0.3 is 9.88 Å². The summed E-state index contributed by atoms with van der Waals surface area (Å²) in [5.41, 5.74) is 1.61. The van der Waals surface area contributed by atoms with Crippen molar-refractivity contribution in [3.8, 4) is 0 Å². The van der Waals surface area contributed by atoms with E-state index in [9.17, 15) is 4.79 Å². The van der Waals surface area contributed by atoms with Crippen molar-refractivity contribution in [2.75, 3.05) is 13.1 Å². The number of aromatic nitrogens is 5. The van der Waals surface area contributed by atoms with Gasteiger partial charge in [-0.1, -0.05) is 23.4 Å². The largest absolute Gasteiger partial charge is 0.351 e. The Morgan fingerprint density at radius 3 is 3.05 bits per heavy atom. The molecular weight excluding hydrogens is 268 g/mol. The van der Waals surface area contributed by atoms with Gasteiger partial charge in [-0.3, -0.25) is 4.79 Å². The number of aromatic amines is 2. The summed E-state index contributed by atoms with van der Waals surface area (Å²) >= 11 is 0. The van der Waals surface area contributed by atoms with Crippen LogP contribution in [0.4, 0.5) is 0 Å². The predicted octanol–water partition coefficient (Wildman–Crippen LogP) is 1.31. The number of para-hydroxylation sites is 1. The molecule has 7 heteroatoms. The van der Waals surface area contributed by atoms with Gasteiger partial charge in [-0.2, -0.15) is 5.21 Å². The molecule has 0 saturated carbocycles. The van der Waals surface area contributed by atoms with Gasteiger partial charge in [0.1, 0.15) is 5.69 Å². The van der Waals surface area contributed by atoms with Gasteiger partial charge in [-0.25, -0.2) is 0 Å². The van der Waals surface area contributed by atoms with Gasteiger partial charge in [0.05, 0.1) is 0 Å². The number of carbonyl (C=O) groups excluding carboxylic acids is 1. The molecule has 1 fully saturated rings. The van der Waals surface area contributed by atoms with Crippen LogP contribution < -0.4 is 0 Å². The van der Waals surface area contributed by atoms with Gasteiger partial charge in [-0.15, -0.1) is 10.2 Å². The third-order valence-electron chi connectivity index (χ3n) is 3.96. The Kier molecular flexibility index (Phi) is 2.70. The van der Waals surface area contributed by atoms with Crippen molar-refractivity contribution in [3.63, 3.8) is 0 Å². The summed E-state index contributed by atoms with van der Waals surface area (Å²) in [6, 6.07) is 9.79. The van der Waals surface area contributed by atoms with Crippen LogP contribution in [0.1, 0.15) is 28.7 Å². The molecular formula is C14H14N6O. The van der Waals surface area contributed by atoms with Crippen molar-refractivity contribution in [1.29, 1.82) is 0 Å². The number of carbonyl (C=O) groups is 1. The Hall–Kier alpha value is -2.70. The molecule has 3 aromatic rings. The minimum absolute atomic E-state index is 0.0252. The summed E-state index contributed by atoms with van der Waals surface area (Å²) in [6.07, 6.45) is 0.867. The second-order valence-corrected chi connectivity index (χ2v) is 5.28. The van der Waals surface area contributed by atoms with Gasteiger partial charge in [-0.05, 0) is 18.6 Å². The lowest BCUT2D eigenvalue weighted by Gasteiger charge is -2.14. The summed E-state index contributed by atoms with van der Waals surface area (Å²) < 4.78 is 0. The van der Waals surface area contributed by atoms with Crippen molar-refractivity contribution in [1.82, 2.24) is 30.5 Å². The number of nitrogens with one attached hydrogen (secondary N) is 2. The molecule has 4 rings (SSSR count). The minimum Gasteiger partial charge on any atom is -0.351 e. The normalized spacial score (nSPS) is 18.5. The first-order valence-electron chi connectivity index (χ1n) is 6.91. The van der Waals surface area contributed by atoms with E-state index in [1.165, 1.54) is 0 Å². The maximum Gasteiger partial charge on any atom is 0.270 e. The smallest absolute Gasteiger partial charge is 0.270 e. The highest BCUT2D eigenvalue weighted by Crippen LogP contribution is 2.25. The quantitative estimate of drug-likeness (QED) is 0.741. The van der Waals surface area contributed by atoms with Crippen molar-refractivity contribution < 1.29 is 4.79 Å². The minimum atomic E-state index is 0.0252. The molecule has 2 aromatic heterocycles. The number of nitrogens with zero attached hydrogens (tertiary/aromatic N) is 4. The van der Waals surface area contributed by atoms with E-state index in [-0.39, 0.29) is 11.8 Å². The van der Waals surface area contributed by atoms with Crippen LogP contribution in [0.25, 0.3) is 10.9 Å². The molecule has 1 aromatic carbocycles. The number of amides is 1. The molecule has 1 saturated heterocycles. The molecule has 1 amide bonds. The van der Waals surface area contributed by atoms with Crippen LogP contribution in [0.3, 0.4) is 0 Å². The second kappa shape index (κ2) is 4.69. The predicted molar refractivity (Wildman–Crippen MR) is 75.7 cm³/mol. The zero-order chi connectivity index (χ0) is 14.2.